The molecule has 0 saturated carbocycles. The number of ether oxygens (including phenoxy) is 1. The van der Waals surface area contributed by atoms with Crippen LogP contribution in [0.4, 0.5) is 0 Å². The maximum atomic E-state index is 11.4. The molecule has 4 nitrogen and oxygen atoms in total. The second kappa shape index (κ2) is 7.38. The minimum atomic E-state index is -0.142. The Kier molecular flexibility index (Phi) is 6.15. The molecule has 0 aromatic heterocycles. The molecule has 100 valence electrons. The quantitative estimate of drug-likeness (QED) is 0.847. The van der Waals surface area contributed by atoms with E-state index in [1.165, 1.54) is 0 Å². The molecule has 0 heterocycles. The summed E-state index contributed by atoms with van der Waals surface area (Å²) in [5.41, 5.74) is 6.75. The highest BCUT2D eigenvalue weighted by Gasteiger charge is 2.10. The molecular weight excluding hydrogens is 296 g/mol. The Hall–Kier alpha value is -1.07. The van der Waals surface area contributed by atoms with Crippen LogP contribution in [0.1, 0.15) is 31.9 Å². The van der Waals surface area contributed by atoms with E-state index in [0.717, 1.165) is 16.5 Å². The number of halogens is 1. The van der Waals surface area contributed by atoms with Crippen LogP contribution < -0.4 is 15.8 Å². The van der Waals surface area contributed by atoms with Gasteiger partial charge >= 0.3 is 0 Å². The molecule has 18 heavy (non-hydrogen) atoms. The second-order valence-electron chi connectivity index (χ2n) is 4.11. The minimum absolute atomic E-state index is 0.0152. The van der Waals surface area contributed by atoms with Crippen LogP contribution in [-0.2, 0) is 4.79 Å². The first-order valence-electron chi connectivity index (χ1n) is 5.99. The van der Waals surface area contributed by atoms with Crippen molar-refractivity contribution >= 4 is 21.8 Å². The van der Waals surface area contributed by atoms with Crippen LogP contribution in [0, 0.1) is 0 Å². The first-order chi connectivity index (χ1) is 8.54. The summed E-state index contributed by atoms with van der Waals surface area (Å²) >= 11 is 3.39. The Morgan fingerprint density at radius 3 is 2.89 bits per heavy atom. The van der Waals surface area contributed by atoms with Crippen molar-refractivity contribution in [3.05, 3.63) is 28.2 Å². The number of hydrogen-bond acceptors (Lipinski definition) is 3. The summed E-state index contributed by atoms with van der Waals surface area (Å²) in [6.45, 7) is 4.57. The zero-order valence-corrected chi connectivity index (χ0v) is 12.3. The maximum absolute atomic E-state index is 11.4. The fraction of sp³-hybridized carbons (Fsp3) is 0.462. The van der Waals surface area contributed by atoms with E-state index in [9.17, 15) is 4.79 Å². The van der Waals surface area contributed by atoms with E-state index in [-0.39, 0.29) is 18.6 Å². The number of nitrogens with two attached hydrogens (primary N) is 1. The van der Waals surface area contributed by atoms with Gasteiger partial charge in [-0.05, 0) is 31.5 Å². The van der Waals surface area contributed by atoms with Crippen LogP contribution in [0.3, 0.4) is 0 Å². The van der Waals surface area contributed by atoms with E-state index in [1.807, 2.05) is 32.0 Å². The third-order valence-electron chi connectivity index (χ3n) is 2.39. The third kappa shape index (κ3) is 4.66. The fourth-order valence-corrected chi connectivity index (χ4v) is 1.84. The van der Waals surface area contributed by atoms with E-state index in [1.54, 1.807) is 0 Å². The number of hydrogen-bond donors (Lipinski definition) is 2. The van der Waals surface area contributed by atoms with Gasteiger partial charge in [0, 0.05) is 22.6 Å². The van der Waals surface area contributed by atoms with Gasteiger partial charge in [-0.15, -0.1) is 0 Å². The standard InChI is InChI=1S/C13H19BrN2O2/c1-3-6-16-13(17)8-18-12-5-4-10(14)7-11(12)9(2)15/h4-5,7,9H,3,6,8,15H2,1-2H3,(H,16,17)/t9-/m0/s1. The molecule has 0 unspecified atom stereocenters. The van der Waals surface area contributed by atoms with Gasteiger partial charge in [-0.25, -0.2) is 0 Å². The lowest BCUT2D eigenvalue weighted by Crippen LogP contribution is -2.29. The summed E-state index contributed by atoms with van der Waals surface area (Å²) in [7, 11) is 0. The molecule has 0 bridgehead atoms. The first kappa shape index (κ1) is 15.0. The Morgan fingerprint density at radius 1 is 1.56 bits per heavy atom. The number of carbonyl (C=O) groups is 1. The van der Waals surface area contributed by atoms with Gasteiger partial charge in [0.2, 0.25) is 0 Å². The number of carbonyl (C=O) groups excluding carboxylic acids is 1. The van der Waals surface area contributed by atoms with Crippen LogP contribution in [0.25, 0.3) is 0 Å². The first-order valence-corrected chi connectivity index (χ1v) is 6.78. The summed E-state index contributed by atoms with van der Waals surface area (Å²) in [6.07, 6.45) is 0.912. The Bertz CT molecular complexity index is 408. The number of rotatable bonds is 6. The molecule has 1 aromatic rings. The van der Waals surface area contributed by atoms with E-state index >= 15 is 0 Å². The number of nitrogens with one attached hydrogen (secondary N) is 1. The van der Waals surface area contributed by atoms with Gasteiger partial charge < -0.3 is 15.8 Å². The topological polar surface area (TPSA) is 64.3 Å². The minimum Gasteiger partial charge on any atom is -0.483 e. The Labute approximate surface area is 116 Å². The van der Waals surface area contributed by atoms with Gasteiger partial charge in [0.05, 0.1) is 0 Å². The smallest absolute Gasteiger partial charge is 0.257 e. The molecule has 3 N–H and O–H groups in total. The fourth-order valence-electron chi connectivity index (χ4n) is 1.47. The van der Waals surface area contributed by atoms with Crippen LogP contribution in [0.5, 0.6) is 5.75 Å². The largest absolute Gasteiger partial charge is 0.483 e. The highest BCUT2D eigenvalue weighted by Crippen LogP contribution is 2.27. The van der Waals surface area contributed by atoms with E-state index < -0.39 is 0 Å². The molecule has 0 spiro atoms. The zero-order chi connectivity index (χ0) is 13.5. The van der Waals surface area contributed by atoms with Crippen molar-refractivity contribution in [2.24, 2.45) is 5.73 Å². The number of benzene rings is 1. The Morgan fingerprint density at radius 2 is 2.28 bits per heavy atom. The summed E-state index contributed by atoms with van der Waals surface area (Å²) in [6, 6.07) is 5.45. The van der Waals surface area contributed by atoms with E-state index in [0.29, 0.717) is 12.3 Å². The molecule has 0 fully saturated rings. The van der Waals surface area contributed by atoms with Crippen LogP contribution in [0.15, 0.2) is 22.7 Å². The van der Waals surface area contributed by atoms with Gasteiger partial charge in [0.15, 0.2) is 6.61 Å². The zero-order valence-electron chi connectivity index (χ0n) is 10.7. The van der Waals surface area contributed by atoms with Crippen molar-refractivity contribution < 1.29 is 9.53 Å². The van der Waals surface area contributed by atoms with E-state index in [4.69, 9.17) is 10.5 Å². The van der Waals surface area contributed by atoms with Crippen molar-refractivity contribution in [3.8, 4) is 5.75 Å². The normalized spacial score (nSPS) is 12.0. The summed E-state index contributed by atoms with van der Waals surface area (Å²) in [5.74, 6) is 0.537. The molecule has 1 rings (SSSR count). The maximum Gasteiger partial charge on any atom is 0.257 e. The SMILES string of the molecule is CCCNC(=O)COc1ccc(Br)cc1[C@H](C)N. The van der Waals surface area contributed by atoms with Crippen molar-refractivity contribution in [2.75, 3.05) is 13.2 Å². The molecule has 0 aliphatic carbocycles. The lowest BCUT2D eigenvalue weighted by Gasteiger charge is -2.14. The predicted octanol–water partition coefficient (Wildman–Crippen LogP) is 2.37. The van der Waals surface area contributed by atoms with Gasteiger partial charge in [0.25, 0.3) is 5.91 Å². The highest BCUT2D eigenvalue weighted by molar-refractivity contribution is 9.10. The summed E-state index contributed by atoms with van der Waals surface area (Å²) in [4.78, 5) is 11.4. The van der Waals surface area contributed by atoms with Crippen LogP contribution >= 0.6 is 15.9 Å². The number of amides is 1. The van der Waals surface area contributed by atoms with Crippen molar-refractivity contribution in [3.63, 3.8) is 0 Å². The van der Waals surface area contributed by atoms with Gasteiger partial charge in [-0.3, -0.25) is 4.79 Å². The lowest BCUT2D eigenvalue weighted by atomic mass is 10.1. The van der Waals surface area contributed by atoms with Crippen molar-refractivity contribution in [1.29, 1.82) is 0 Å². The van der Waals surface area contributed by atoms with Crippen LogP contribution in [-0.4, -0.2) is 19.1 Å². The average molecular weight is 315 g/mol. The lowest BCUT2D eigenvalue weighted by molar-refractivity contribution is -0.123. The molecule has 1 amide bonds. The van der Waals surface area contributed by atoms with Gasteiger partial charge in [-0.2, -0.15) is 0 Å². The summed E-state index contributed by atoms with van der Waals surface area (Å²) in [5, 5.41) is 2.76. The monoisotopic (exact) mass is 314 g/mol. The molecule has 5 heteroatoms. The van der Waals surface area contributed by atoms with Gasteiger partial charge in [-0.1, -0.05) is 22.9 Å². The second-order valence-corrected chi connectivity index (χ2v) is 5.03. The molecular formula is C13H19BrN2O2. The highest BCUT2D eigenvalue weighted by atomic mass is 79.9. The predicted molar refractivity (Wildman–Crippen MR) is 75.5 cm³/mol. The van der Waals surface area contributed by atoms with Crippen molar-refractivity contribution in [2.45, 2.75) is 26.3 Å². The molecule has 0 radical (unpaired) electrons. The van der Waals surface area contributed by atoms with Gasteiger partial charge in [0.1, 0.15) is 5.75 Å². The Balaban J connectivity index is 2.64. The summed E-state index contributed by atoms with van der Waals surface area (Å²) < 4.78 is 6.44. The van der Waals surface area contributed by atoms with Crippen molar-refractivity contribution in [1.82, 2.24) is 5.32 Å². The third-order valence-corrected chi connectivity index (χ3v) is 2.89. The van der Waals surface area contributed by atoms with Crippen LogP contribution in [0.2, 0.25) is 0 Å². The average Bonchev–Trinajstić information content (AvgIpc) is 2.34. The molecule has 0 aliphatic rings. The van der Waals surface area contributed by atoms with E-state index in [2.05, 4.69) is 21.2 Å². The molecule has 0 saturated heterocycles. The molecule has 1 atom stereocenters. The molecule has 0 aliphatic heterocycles. The molecule has 1 aromatic carbocycles.